The summed E-state index contributed by atoms with van der Waals surface area (Å²) in [6.45, 7) is 6.75. The van der Waals surface area contributed by atoms with Crippen LogP contribution in [0.3, 0.4) is 0 Å². The van der Waals surface area contributed by atoms with E-state index in [9.17, 15) is 0 Å². The molecule has 0 bridgehead atoms. The van der Waals surface area contributed by atoms with Gasteiger partial charge in [-0.3, -0.25) is 10.4 Å². The van der Waals surface area contributed by atoms with Gasteiger partial charge in [0, 0.05) is 32.8 Å². The molecule has 5 heteroatoms. The van der Waals surface area contributed by atoms with Gasteiger partial charge in [-0.2, -0.15) is 0 Å². The molecular weight excluding hydrogens is 204 g/mol. The van der Waals surface area contributed by atoms with Crippen molar-refractivity contribution in [3.05, 3.63) is 0 Å². The van der Waals surface area contributed by atoms with Crippen molar-refractivity contribution in [2.24, 2.45) is 16.8 Å². The molecule has 94 valence electrons. The summed E-state index contributed by atoms with van der Waals surface area (Å²) < 4.78 is 5.34. The Morgan fingerprint density at radius 2 is 2.12 bits per heavy atom. The average Bonchev–Trinajstić information content (AvgIpc) is 2.30. The molecule has 0 aromatic rings. The van der Waals surface area contributed by atoms with E-state index in [-0.39, 0.29) is 0 Å². The SMILES string of the molecule is CC(C)CN=C(NN)N(C)C1CCOCC1. The highest BCUT2D eigenvalue weighted by Gasteiger charge is 2.20. The van der Waals surface area contributed by atoms with Crippen molar-refractivity contribution >= 4 is 5.96 Å². The van der Waals surface area contributed by atoms with Gasteiger partial charge < -0.3 is 9.64 Å². The Balaban J connectivity index is 2.53. The molecule has 0 saturated carbocycles. The zero-order chi connectivity index (χ0) is 12.0. The summed E-state index contributed by atoms with van der Waals surface area (Å²) in [5, 5.41) is 0. The number of rotatable bonds is 3. The first-order chi connectivity index (χ1) is 7.65. The number of nitrogens with zero attached hydrogens (tertiary/aromatic N) is 2. The lowest BCUT2D eigenvalue weighted by atomic mass is 10.1. The second-order valence-corrected chi connectivity index (χ2v) is 4.66. The maximum atomic E-state index is 5.51. The number of guanidine groups is 1. The lowest BCUT2D eigenvalue weighted by Gasteiger charge is -2.33. The number of hydrazine groups is 1. The van der Waals surface area contributed by atoms with E-state index in [0.29, 0.717) is 12.0 Å². The van der Waals surface area contributed by atoms with Crippen LogP contribution in [0, 0.1) is 5.92 Å². The van der Waals surface area contributed by atoms with Crippen molar-refractivity contribution in [1.82, 2.24) is 10.3 Å². The Morgan fingerprint density at radius 1 is 1.50 bits per heavy atom. The summed E-state index contributed by atoms with van der Waals surface area (Å²) in [7, 11) is 2.04. The van der Waals surface area contributed by atoms with Gasteiger partial charge in [0.15, 0.2) is 0 Å². The van der Waals surface area contributed by atoms with Gasteiger partial charge in [0.25, 0.3) is 0 Å². The van der Waals surface area contributed by atoms with Gasteiger partial charge in [0.2, 0.25) is 5.96 Å². The van der Waals surface area contributed by atoms with Gasteiger partial charge in [0.05, 0.1) is 0 Å². The first kappa shape index (κ1) is 13.3. The van der Waals surface area contributed by atoms with Crippen LogP contribution in [0.25, 0.3) is 0 Å². The molecule has 1 rings (SSSR count). The summed E-state index contributed by atoms with van der Waals surface area (Å²) >= 11 is 0. The third-order valence-electron chi connectivity index (χ3n) is 2.81. The molecule has 1 aliphatic rings. The molecule has 5 nitrogen and oxygen atoms in total. The Kier molecular flexibility index (Phi) is 5.55. The van der Waals surface area contributed by atoms with E-state index in [2.05, 4.69) is 29.2 Å². The number of aliphatic imine (C=N–C) groups is 1. The first-order valence-electron chi connectivity index (χ1n) is 5.96. The molecule has 0 aliphatic carbocycles. The molecule has 1 fully saturated rings. The summed E-state index contributed by atoms with van der Waals surface area (Å²) in [5.74, 6) is 6.84. The molecule has 1 saturated heterocycles. The Morgan fingerprint density at radius 3 is 2.62 bits per heavy atom. The van der Waals surface area contributed by atoms with Gasteiger partial charge in [-0.05, 0) is 18.8 Å². The van der Waals surface area contributed by atoms with E-state index < -0.39 is 0 Å². The van der Waals surface area contributed by atoms with E-state index in [1.54, 1.807) is 0 Å². The lowest BCUT2D eigenvalue weighted by molar-refractivity contribution is 0.0597. The molecule has 0 aromatic carbocycles. The lowest BCUT2D eigenvalue weighted by Crippen LogP contribution is -2.49. The number of hydrogen-bond acceptors (Lipinski definition) is 3. The van der Waals surface area contributed by atoms with E-state index >= 15 is 0 Å². The zero-order valence-electron chi connectivity index (χ0n) is 10.6. The van der Waals surface area contributed by atoms with Gasteiger partial charge in [0.1, 0.15) is 0 Å². The Bertz CT molecular complexity index is 224. The average molecular weight is 228 g/mol. The third-order valence-corrected chi connectivity index (χ3v) is 2.81. The topological polar surface area (TPSA) is 62.9 Å². The molecular formula is C11H24N4O. The van der Waals surface area contributed by atoms with E-state index in [1.165, 1.54) is 0 Å². The fourth-order valence-corrected chi connectivity index (χ4v) is 1.77. The molecule has 0 radical (unpaired) electrons. The van der Waals surface area contributed by atoms with Crippen LogP contribution in [0.5, 0.6) is 0 Å². The number of hydrogen-bond donors (Lipinski definition) is 2. The van der Waals surface area contributed by atoms with Gasteiger partial charge in [-0.1, -0.05) is 13.8 Å². The largest absolute Gasteiger partial charge is 0.381 e. The first-order valence-corrected chi connectivity index (χ1v) is 5.96. The van der Waals surface area contributed by atoms with Crippen LogP contribution < -0.4 is 11.3 Å². The van der Waals surface area contributed by atoms with Crippen molar-refractivity contribution < 1.29 is 4.74 Å². The summed E-state index contributed by atoms with van der Waals surface area (Å²) in [6.07, 6.45) is 2.08. The van der Waals surface area contributed by atoms with Crippen LogP contribution >= 0.6 is 0 Å². The normalized spacial score (nSPS) is 18.9. The van der Waals surface area contributed by atoms with Crippen LogP contribution in [0.4, 0.5) is 0 Å². The number of nitrogens with two attached hydrogens (primary N) is 1. The van der Waals surface area contributed by atoms with Crippen LogP contribution in [0.15, 0.2) is 4.99 Å². The maximum absolute atomic E-state index is 5.51. The van der Waals surface area contributed by atoms with Crippen molar-refractivity contribution in [3.8, 4) is 0 Å². The van der Waals surface area contributed by atoms with Crippen LogP contribution in [-0.4, -0.2) is 43.7 Å². The van der Waals surface area contributed by atoms with E-state index in [4.69, 9.17) is 10.6 Å². The molecule has 0 unspecified atom stereocenters. The van der Waals surface area contributed by atoms with Crippen LogP contribution in [-0.2, 0) is 4.74 Å². The highest BCUT2D eigenvalue weighted by molar-refractivity contribution is 5.79. The number of ether oxygens (including phenoxy) is 1. The summed E-state index contributed by atoms with van der Waals surface area (Å²) in [5.41, 5.74) is 2.69. The highest BCUT2D eigenvalue weighted by Crippen LogP contribution is 2.12. The summed E-state index contributed by atoms with van der Waals surface area (Å²) in [6, 6.07) is 0.482. The predicted molar refractivity (Wildman–Crippen MR) is 66.1 cm³/mol. The monoisotopic (exact) mass is 228 g/mol. The Hall–Kier alpha value is -0.810. The minimum absolute atomic E-state index is 0.482. The number of nitrogens with one attached hydrogen (secondary N) is 1. The molecule has 3 N–H and O–H groups in total. The van der Waals surface area contributed by atoms with Crippen molar-refractivity contribution in [3.63, 3.8) is 0 Å². The molecule has 0 amide bonds. The van der Waals surface area contributed by atoms with Gasteiger partial charge in [-0.15, -0.1) is 0 Å². The molecule has 16 heavy (non-hydrogen) atoms. The van der Waals surface area contributed by atoms with Gasteiger partial charge >= 0.3 is 0 Å². The smallest absolute Gasteiger partial charge is 0.208 e. The minimum Gasteiger partial charge on any atom is -0.381 e. The second kappa shape index (κ2) is 6.70. The standard InChI is InChI=1S/C11H24N4O/c1-9(2)8-13-11(14-12)15(3)10-4-6-16-7-5-10/h9-10H,4-8,12H2,1-3H3,(H,13,14). The van der Waals surface area contributed by atoms with Crippen molar-refractivity contribution in [2.75, 3.05) is 26.8 Å². The maximum Gasteiger partial charge on any atom is 0.208 e. The van der Waals surface area contributed by atoms with Crippen LogP contribution in [0.2, 0.25) is 0 Å². The quantitative estimate of drug-likeness (QED) is 0.321. The summed E-state index contributed by atoms with van der Waals surface area (Å²) in [4.78, 5) is 6.61. The third kappa shape index (κ3) is 3.98. The van der Waals surface area contributed by atoms with E-state index in [0.717, 1.165) is 38.6 Å². The Labute approximate surface area is 98.0 Å². The fraction of sp³-hybridized carbons (Fsp3) is 0.909. The van der Waals surface area contributed by atoms with Crippen molar-refractivity contribution in [2.45, 2.75) is 32.7 Å². The van der Waals surface area contributed by atoms with Crippen LogP contribution in [0.1, 0.15) is 26.7 Å². The van der Waals surface area contributed by atoms with Crippen molar-refractivity contribution in [1.29, 1.82) is 0 Å². The van der Waals surface area contributed by atoms with Gasteiger partial charge in [-0.25, -0.2) is 5.84 Å². The minimum atomic E-state index is 0.482. The molecule has 1 aliphatic heterocycles. The fourth-order valence-electron chi connectivity index (χ4n) is 1.77. The molecule has 0 spiro atoms. The van der Waals surface area contributed by atoms with E-state index in [1.807, 2.05) is 7.05 Å². The highest BCUT2D eigenvalue weighted by atomic mass is 16.5. The molecule has 0 aromatic heterocycles. The second-order valence-electron chi connectivity index (χ2n) is 4.66. The molecule has 0 atom stereocenters. The molecule has 1 heterocycles. The zero-order valence-corrected chi connectivity index (χ0v) is 10.6. The predicted octanol–water partition coefficient (Wildman–Crippen LogP) is 0.573.